The van der Waals surface area contributed by atoms with Gasteiger partial charge in [0.1, 0.15) is 6.34 Å². The average Bonchev–Trinajstić information content (AvgIpc) is 2.34. The molecule has 1 aliphatic heterocycles. The molecule has 4 nitrogen and oxygen atoms in total. The van der Waals surface area contributed by atoms with E-state index >= 15 is 0 Å². The maximum Gasteiger partial charge on any atom is 0.102 e. The molecular weight excluding hydrogens is 280 g/mol. The molecule has 0 fully saturated rings. The third-order valence-electron chi connectivity index (χ3n) is 2.22. The first-order chi connectivity index (χ1) is 8.22. The quantitative estimate of drug-likeness (QED) is 0.355. The highest BCUT2D eigenvalue weighted by Crippen LogP contribution is 2.25. The van der Waals surface area contributed by atoms with E-state index in [-0.39, 0.29) is 0 Å². The van der Waals surface area contributed by atoms with E-state index in [9.17, 15) is 0 Å². The van der Waals surface area contributed by atoms with Crippen molar-refractivity contribution in [3.63, 3.8) is 0 Å². The van der Waals surface area contributed by atoms with Crippen LogP contribution in [0.5, 0.6) is 0 Å². The lowest BCUT2D eigenvalue weighted by Gasteiger charge is -2.22. The van der Waals surface area contributed by atoms with Gasteiger partial charge in [-0.3, -0.25) is 0 Å². The van der Waals surface area contributed by atoms with Crippen molar-refractivity contribution in [2.24, 2.45) is 10.8 Å². The second kappa shape index (κ2) is 7.09. The molecule has 0 saturated carbocycles. The Morgan fingerprint density at radius 3 is 3.00 bits per heavy atom. The van der Waals surface area contributed by atoms with E-state index in [0.717, 1.165) is 28.7 Å². The zero-order valence-electron chi connectivity index (χ0n) is 9.86. The Balaban J connectivity index is 3.09. The van der Waals surface area contributed by atoms with Gasteiger partial charge in [0.25, 0.3) is 0 Å². The number of rotatable bonds is 5. The smallest absolute Gasteiger partial charge is 0.102 e. The van der Waals surface area contributed by atoms with Crippen LogP contribution in [0, 0.1) is 0 Å². The predicted molar refractivity (Wildman–Crippen MR) is 75.9 cm³/mol. The number of hydrogen-bond acceptors (Lipinski definition) is 3. The van der Waals surface area contributed by atoms with E-state index in [1.807, 2.05) is 23.3 Å². The molecule has 0 aliphatic carbocycles. The van der Waals surface area contributed by atoms with Crippen molar-refractivity contribution >= 4 is 22.3 Å². The molecule has 3 N–H and O–H groups in total. The molecule has 1 heterocycles. The summed E-state index contributed by atoms with van der Waals surface area (Å²) in [6.45, 7) is 5.91. The summed E-state index contributed by atoms with van der Waals surface area (Å²) < 4.78 is 0.998. The molecule has 0 unspecified atom stereocenters. The highest BCUT2D eigenvalue weighted by atomic mass is 79.9. The van der Waals surface area contributed by atoms with E-state index in [0.29, 0.717) is 0 Å². The molecular formula is C12H17BrN4. The second-order valence-corrected chi connectivity index (χ2v) is 4.36. The van der Waals surface area contributed by atoms with Gasteiger partial charge in [0.15, 0.2) is 0 Å². The minimum absolute atomic E-state index is 0.883. The normalized spacial score (nSPS) is 18.3. The lowest BCUT2D eigenvalue weighted by atomic mass is 10.1. The van der Waals surface area contributed by atoms with E-state index in [1.54, 1.807) is 6.20 Å². The van der Waals surface area contributed by atoms with Crippen LogP contribution in [0.4, 0.5) is 0 Å². The van der Waals surface area contributed by atoms with Crippen LogP contribution in [0.25, 0.3) is 0 Å². The summed E-state index contributed by atoms with van der Waals surface area (Å²) in [5, 5.41) is 0. The molecule has 0 bridgehead atoms. The summed E-state index contributed by atoms with van der Waals surface area (Å²) in [4.78, 5) is 6.25. The molecule has 0 aromatic carbocycles. The third kappa shape index (κ3) is 3.87. The van der Waals surface area contributed by atoms with Crippen molar-refractivity contribution < 1.29 is 0 Å². The molecule has 17 heavy (non-hydrogen) atoms. The Labute approximate surface area is 110 Å². The number of nitrogens with zero attached hydrogens (tertiary/aromatic N) is 2. The largest absolute Gasteiger partial charge is 0.322 e. The molecule has 92 valence electrons. The first kappa shape index (κ1) is 13.7. The molecule has 0 radical (unpaired) electrons. The predicted octanol–water partition coefficient (Wildman–Crippen LogP) is 2.74. The van der Waals surface area contributed by atoms with E-state index in [1.165, 1.54) is 6.34 Å². The maximum absolute atomic E-state index is 5.20. The summed E-state index contributed by atoms with van der Waals surface area (Å²) in [6.07, 6.45) is 11.1. The molecule has 0 amide bonds. The fraction of sp³-hybridized carbons (Fsp3) is 0.250. The van der Waals surface area contributed by atoms with Gasteiger partial charge in [0, 0.05) is 16.9 Å². The van der Waals surface area contributed by atoms with Crippen molar-refractivity contribution in [3.8, 4) is 0 Å². The van der Waals surface area contributed by atoms with Crippen LogP contribution in [0.3, 0.4) is 0 Å². The van der Waals surface area contributed by atoms with Crippen LogP contribution in [0.2, 0.25) is 0 Å². The van der Waals surface area contributed by atoms with Crippen LogP contribution in [0.15, 0.2) is 52.0 Å². The molecule has 0 aromatic heterocycles. The number of allylic oxidation sites excluding steroid dienone is 4. The third-order valence-corrected chi connectivity index (χ3v) is 2.68. The second-order valence-electron chi connectivity index (χ2n) is 3.44. The van der Waals surface area contributed by atoms with Gasteiger partial charge < -0.3 is 10.3 Å². The molecule has 0 aromatic rings. The minimum atomic E-state index is 0.883. The number of hydrogen-bond donors (Lipinski definition) is 2. The Kier molecular flexibility index (Phi) is 5.72. The summed E-state index contributed by atoms with van der Waals surface area (Å²) in [6, 6.07) is 0. The topological polar surface area (TPSA) is 53.6 Å². The van der Waals surface area contributed by atoms with Crippen molar-refractivity contribution in [1.29, 1.82) is 0 Å². The fourth-order valence-corrected chi connectivity index (χ4v) is 1.85. The molecule has 0 atom stereocenters. The first-order valence-electron chi connectivity index (χ1n) is 5.41. The van der Waals surface area contributed by atoms with Gasteiger partial charge in [0.2, 0.25) is 0 Å². The Bertz CT molecular complexity index is 393. The van der Waals surface area contributed by atoms with Gasteiger partial charge in [-0.1, -0.05) is 19.9 Å². The number of halogens is 1. The fourth-order valence-electron chi connectivity index (χ4n) is 1.50. The van der Waals surface area contributed by atoms with Crippen LogP contribution in [0.1, 0.15) is 19.8 Å². The highest BCUT2D eigenvalue weighted by Gasteiger charge is 2.11. The summed E-state index contributed by atoms with van der Waals surface area (Å²) in [5.74, 6) is 5.20. The van der Waals surface area contributed by atoms with Crippen LogP contribution in [-0.2, 0) is 0 Å². The Morgan fingerprint density at radius 1 is 1.65 bits per heavy atom. The van der Waals surface area contributed by atoms with Gasteiger partial charge >= 0.3 is 0 Å². The average molecular weight is 297 g/mol. The standard InChI is InChI=1S/C12H17BrN4/c1-3-5-11(15-9-16-14)12-7-6-10(13)8-17(12)4-2/h4,6-9H,2-3,5,14H2,1H3,(H,15,16)/b12-11+. The summed E-state index contributed by atoms with van der Waals surface area (Å²) in [5.41, 5.74) is 4.40. The summed E-state index contributed by atoms with van der Waals surface area (Å²) >= 11 is 3.43. The highest BCUT2D eigenvalue weighted by molar-refractivity contribution is 9.11. The lowest BCUT2D eigenvalue weighted by Crippen LogP contribution is -2.19. The van der Waals surface area contributed by atoms with Gasteiger partial charge in [-0.2, -0.15) is 0 Å². The lowest BCUT2D eigenvalue weighted by molar-refractivity contribution is 0.626. The van der Waals surface area contributed by atoms with Gasteiger partial charge in [0.05, 0.1) is 11.4 Å². The molecule has 1 rings (SSSR count). The van der Waals surface area contributed by atoms with Gasteiger partial charge in [-0.05, 0) is 34.5 Å². The number of hydrazine groups is 1. The number of aliphatic imine (C=N–C) groups is 1. The maximum atomic E-state index is 5.20. The number of nitrogens with one attached hydrogen (secondary N) is 1. The molecule has 0 saturated heterocycles. The Hall–Kier alpha value is -1.33. The SMILES string of the molecule is C=CN1C=C(Br)C=C/C1=C(/CCC)N=CNN. The monoisotopic (exact) mass is 296 g/mol. The molecule has 1 aliphatic rings. The van der Waals surface area contributed by atoms with Crippen molar-refractivity contribution in [2.75, 3.05) is 0 Å². The van der Waals surface area contributed by atoms with Gasteiger partial charge in [-0.25, -0.2) is 10.8 Å². The van der Waals surface area contributed by atoms with E-state index in [4.69, 9.17) is 5.84 Å². The zero-order valence-corrected chi connectivity index (χ0v) is 11.4. The summed E-state index contributed by atoms with van der Waals surface area (Å²) in [7, 11) is 0. The van der Waals surface area contributed by atoms with Crippen LogP contribution >= 0.6 is 15.9 Å². The van der Waals surface area contributed by atoms with Gasteiger partial charge in [-0.15, -0.1) is 0 Å². The number of nitrogens with two attached hydrogens (primary N) is 1. The van der Waals surface area contributed by atoms with E-state index in [2.05, 4.69) is 39.9 Å². The Morgan fingerprint density at radius 2 is 2.41 bits per heavy atom. The van der Waals surface area contributed by atoms with Crippen molar-refractivity contribution in [3.05, 3.63) is 47.0 Å². The van der Waals surface area contributed by atoms with Crippen LogP contribution < -0.4 is 11.3 Å². The molecule has 0 spiro atoms. The van der Waals surface area contributed by atoms with Crippen molar-refractivity contribution in [2.45, 2.75) is 19.8 Å². The molecule has 5 heteroatoms. The first-order valence-corrected chi connectivity index (χ1v) is 6.20. The van der Waals surface area contributed by atoms with Crippen molar-refractivity contribution in [1.82, 2.24) is 10.3 Å². The minimum Gasteiger partial charge on any atom is -0.322 e. The van der Waals surface area contributed by atoms with E-state index < -0.39 is 0 Å². The zero-order chi connectivity index (χ0) is 12.7. The van der Waals surface area contributed by atoms with Crippen LogP contribution in [-0.4, -0.2) is 11.2 Å².